The maximum absolute atomic E-state index is 13.1. The van der Waals surface area contributed by atoms with Crippen LogP contribution in [0.15, 0.2) is 79.1 Å². The third-order valence-corrected chi connectivity index (χ3v) is 6.36. The highest BCUT2D eigenvalue weighted by Crippen LogP contribution is 2.32. The summed E-state index contributed by atoms with van der Waals surface area (Å²) in [5.74, 6) is 0.0388. The van der Waals surface area contributed by atoms with E-state index in [0.29, 0.717) is 12.0 Å². The number of aromatic nitrogens is 2. The maximum Gasteiger partial charge on any atom is 0.251 e. The van der Waals surface area contributed by atoms with Crippen LogP contribution >= 0.6 is 0 Å². The number of imidazole rings is 1. The Morgan fingerprint density at radius 1 is 1.03 bits per heavy atom. The van der Waals surface area contributed by atoms with E-state index in [1.54, 1.807) is 25.5 Å². The fourth-order valence-corrected chi connectivity index (χ4v) is 4.64. The molecule has 1 unspecified atom stereocenters. The summed E-state index contributed by atoms with van der Waals surface area (Å²) in [7, 11) is 1.61. The van der Waals surface area contributed by atoms with Crippen molar-refractivity contribution >= 4 is 22.8 Å². The van der Waals surface area contributed by atoms with E-state index >= 15 is 0 Å². The van der Waals surface area contributed by atoms with Gasteiger partial charge in [0, 0.05) is 24.8 Å². The summed E-state index contributed by atoms with van der Waals surface area (Å²) < 4.78 is 1.99. The molecule has 3 aromatic carbocycles. The molecule has 1 aliphatic rings. The zero-order valence-corrected chi connectivity index (χ0v) is 18.6. The zero-order chi connectivity index (χ0) is 22.8. The van der Waals surface area contributed by atoms with Crippen molar-refractivity contribution in [2.75, 3.05) is 13.6 Å². The van der Waals surface area contributed by atoms with Gasteiger partial charge in [0.05, 0.1) is 23.5 Å². The first-order chi connectivity index (χ1) is 16.1. The van der Waals surface area contributed by atoms with E-state index in [1.807, 2.05) is 58.0 Å². The van der Waals surface area contributed by atoms with E-state index in [-0.39, 0.29) is 17.9 Å². The average Bonchev–Trinajstić information content (AvgIpc) is 3.52. The van der Waals surface area contributed by atoms with Gasteiger partial charge in [-0.1, -0.05) is 42.5 Å². The number of benzene rings is 3. The Morgan fingerprint density at radius 2 is 1.82 bits per heavy atom. The molecule has 6 nitrogen and oxygen atoms in total. The molecule has 4 aromatic rings. The van der Waals surface area contributed by atoms with Gasteiger partial charge in [-0.25, -0.2) is 4.98 Å². The largest absolute Gasteiger partial charge is 0.355 e. The molecule has 0 spiro atoms. The van der Waals surface area contributed by atoms with Gasteiger partial charge in [-0.2, -0.15) is 0 Å². The van der Waals surface area contributed by atoms with E-state index in [0.717, 1.165) is 41.7 Å². The Kier molecular flexibility index (Phi) is 5.65. The van der Waals surface area contributed by atoms with Crippen molar-refractivity contribution in [3.8, 4) is 5.69 Å². The molecule has 0 saturated carbocycles. The van der Waals surface area contributed by atoms with Gasteiger partial charge in [0.2, 0.25) is 5.91 Å². The van der Waals surface area contributed by atoms with E-state index in [4.69, 9.17) is 0 Å². The van der Waals surface area contributed by atoms with Crippen molar-refractivity contribution in [1.29, 1.82) is 0 Å². The quantitative estimate of drug-likeness (QED) is 0.505. The van der Waals surface area contributed by atoms with E-state index < -0.39 is 0 Å². The Morgan fingerprint density at radius 3 is 2.58 bits per heavy atom. The number of likely N-dealkylation sites (tertiary alicyclic amines) is 1. The number of nitrogens with zero attached hydrogens (tertiary/aromatic N) is 3. The molecule has 1 aromatic heterocycles. The number of carbonyl (C=O) groups is 2. The van der Waals surface area contributed by atoms with Crippen LogP contribution in [0.25, 0.3) is 16.7 Å². The lowest BCUT2D eigenvalue weighted by Gasteiger charge is -2.25. The fraction of sp³-hybridized carbons (Fsp3) is 0.222. The molecule has 6 heteroatoms. The number of hydrogen-bond acceptors (Lipinski definition) is 3. The molecule has 0 aliphatic carbocycles. The van der Waals surface area contributed by atoms with Crippen molar-refractivity contribution < 1.29 is 9.59 Å². The second-order valence-electron chi connectivity index (χ2n) is 8.40. The highest BCUT2D eigenvalue weighted by molar-refractivity contribution is 5.97. The topological polar surface area (TPSA) is 67.2 Å². The first-order valence-corrected chi connectivity index (χ1v) is 11.3. The van der Waals surface area contributed by atoms with Crippen LogP contribution in [0, 0.1) is 0 Å². The van der Waals surface area contributed by atoms with Gasteiger partial charge >= 0.3 is 0 Å². The molecule has 2 heterocycles. The standard InChI is InChI=1S/C27H26N4O2/c1-28-27(33)21-11-14-25-23(17-21)29-18-31(25)22-12-9-19(10-13-22)16-26(32)30-15-5-8-24(30)20-6-3-2-4-7-20/h2-4,6-7,9-14,17-18,24H,5,8,15-16H2,1H3,(H,28,33). The van der Waals surface area contributed by atoms with Gasteiger partial charge in [0.25, 0.3) is 5.91 Å². The monoisotopic (exact) mass is 438 g/mol. The molecule has 166 valence electrons. The minimum atomic E-state index is -0.132. The van der Waals surface area contributed by atoms with Crippen LogP contribution in [0.2, 0.25) is 0 Å². The van der Waals surface area contributed by atoms with Crippen molar-refractivity contribution in [3.05, 3.63) is 95.8 Å². The maximum atomic E-state index is 13.1. The summed E-state index contributed by atoms with van der Waals surface area (Å²) >= 11 is 0. The number of hydrogen-bond donors (Lipinski definition) is 1. The van der Waals surface area contributed by atoms with Gasteiger partial charge < -0.3 is 10.2 Å². The van der Waals surface area contributed by atoms with Crippen molar-refractivity contribution in [1.82, 2.24) is 19.8 Å². The molecule has 33 heavy (non-hydrogen) atoms. The van der Waals surface area contributed by atoms with Crippen LogP contribution in [0.5, 0.6) is 0 Å². The SMILES string of the molecule is CNC(=O)c1ccc2c(c1)ncn2-c1ccc(CC(=O)N2CCCC2c2ccccc2)cc1. The average molecular weight is 439 g/mol. The number of carbonyl (C=O) groups excluding carboxylic acids is 2. The molecular weight excluding hydrogens is 412 g/mol. The Labute approximate surface area is 192 Å². The normalized spacial score (nSPS) is 15.7. The molecule has 1 aliphatic heterocycles. The Balaban J connectivity index is 1.32. The molecule has 1 saturated heterocycles. The van der Waals surface area contributed by atoms with Gasteiger partial charge in [-0.3, -0.25) is 14.2 Å². The summed E-state index contributed by atoms with van der Waals surface area (Å²) in [6.07, 6.45) is 4.21. The Hall–Kier alpha value is -3.93. The minimum absolute atomic E-state index is 0.132. The van der Waals surface area contributed by atoms with Crippen molar-refractivity contribution in [2.24, 2.45) is 0 Å². The lowest BCUT2D eigenvalue weighted by atomic mass is 10.0. The highest BCUT2D eigenvalue weighted by atomic mass is 16.2. The summed E-state index contributed by atoms with van der Waals surface area (Å²) in [6, 6.07) is 24.0. The van der Waals surface area contributed by atoms with Crippen molar-refractivity contribution in [2.45, 2.75) is 25.3 Å². The van der Waals surface area contributed by atoms with Gasteiger partial charge in [-0.15, -0.1) is 0 Å². The van der Waals surface area contributed by atoms with Crippen LogP contribution < -0.4 is 5.32 Å². The number of amides is 2. The predicted octanol–water partition coefficient (Wildman–Crippen LogP) is 4.29. The second-order valence-corrected chi connectivity index (χ2v) is 8.40. The number of nitrogens with one attached hydrogen (secondary N) is 1. The van der Waals surface area contributed by atoms with Gasteiger partial charge in [0.15, 0.2) is 0 Å². The van der Waals surface area contributed by atoms with Crippen molar-refractivity contribution in [3.63, 3.8) is 0 Å². The molecule has 1 atom stereocenters. The highest BCUT2D eigenvalue weighted by Gasteiger charge is 2.29. The summed E-state index contributed by atoms with van der Waals surface area (Å²) in [6.45, 7) is 0.815. The zero-order valence-electron chi connectivity index (χ0n) is 18.6. The van der Waals surface area contributed by atoms with E-state index in [2.05, 4.69) is 22.4 Å². The smallest absolute Gasteiger partial charge is 0.251 e. The first-order valence-electron chi connectivity index (χ1n) is 11.3. The summed E-state index contributed by atoms with van der Waals surface area (Å²) in [5.41, 5.74) is 5.44. The van der Waals surface area contributed by atoms with Crippen LogP contribution in [-0.4, -0.2) is 39.9 Å². The lowest BCUT2D eigenvalue weighted by molar-refractivity contribution is -0.131. The Bertz CT molecular complexity index is 1290. The molecule has 1 N–H and O–H groups in total. The second kappa shape index (κ2) is 8.90. The number of fused-ring (bicyclic) bond motifs is 1. The molecule has 2 amide bonds. The molecule has 5 rings (SSSR count). The van der Waals surface area contributed by atoms with Crippen LogP contribution in [0.4, 0.5) is 0 Å². The summed E-state index contributed by atoms with van der Waals surface area (Å²) in [4.78, 5) is 31.4. The minimum Gasteiger partial charge on any atom is -0.355 e. The summed E-state index contributed by atoms with van der Waals surface area (Å²) in [5, 5.41) is 2.63. The fourth-order valence-electron chi connectivity index (χ4n) is 4.64. The van der Waals surface area contributed by atoms with Gasteiger partial charge in [0.1, 0.15) is 6.33 Å². The molecule has 0 bridgehead atoms. The van der Waals surface area contributed by atoms with Crippen LogP contribution in [0.3, 0.4) is 0 Å². The number of rotatable bonds is 5. The molecular formula is C27H26N4O2. The lowest BCUT2D eigenvalue weighted by Crippen LogP contribution is -2.31. The van der Waals surface area contributed by atoms with Gasteiger partial charge in [-0.05, 0) is 54.3 Å². The molecule has 0 radical (unpaired) electrons. The first kappa shape index (κ1) is 20.9. The van der Waals surface area contributed by atoms with E-state index in [9.17, 15) is 9.59 Å². The third-order valence-electron chi connectivity index (χ3n) is 6.36. The molecule has 1 fully saturated rings. The third kappa shape index (κ3) is 4.12. The van der Waals surface area contributed by atoms with Crippen LogP contribution in [0.1, 0.15) is 40.4 Å². The van der Waals surface area contributed by atoms with Crippen LogP contribution in [-0.2, 0) is 11.2 Å². The van der Waals surface area contributed by atoms with E-state index in [1.165, 1.54) is 5.56 Å². The predicted molar refractivity (Wildman–Crippen MR) is 128 cm³/mol.